The number of rotatable bonds is 9. The molecule has 1 atom stereocenters. The second kappa shape index (κ2) is 11.0. The van der Waals surface area contributed by atoms with Crippen LogP contribution in [0.3, 0.4) is 0 Å². The first kappa shape index (κ1) is 25.3. The van der Waals surface area contributed by atoms with E-state index in [0.29, 0.717) is 18.1 Å². The number of hydrogen-bond acceptors (Lipinski definition) is 4. The van der Waals surface area contributed by atoms with Crippen LogP contribution in [0.2, 0.25) is 0 Å². The van der Waals surface area contributed by atoms with Gasteiger partial charge in [0.05, 0.1) is 5.57 Å². The normalized spacial score (nSPS) is 18.2. The summed E-state index contributed by atoms with van der Waals surface area (Å²) < 4.78 is 0. The number of carbonyl (C=O) groups excluding carboxylic acids is 2. The number of allylic oxidation sites excluding steroid dienone is 6. The van der Waals surface area contributed by atoms with Crippen molar-refractivity contribution in [3.05, 3.63) is 70.5 Å². The summed E-state index contributed by atoms with van der Waals surface area (Å²) in [6, 6.07) is 4.23. The van der Waals surface area contributed by atoms with Crippen molar-refractivity contribution in [3.8, 4) is 0 Å². The molecule has 0 spiro atoms. The first-order chi connectivity index (χ1) is 15.1. The lowest BCUT2D eigenvalue weighted by Crippen LogP contribution is -2.22. The monoisotopic (exact) mass is 432 g/mol. The summed E-state index contributed by atoms with van der Waals surface area (Å²) in [4.78, 5) is 24.0. The Bertz CT molecular complexity index is 1010. The van der Waals surface area contributed by atoms with Gasteiger partial charge < -0.3 is 10.7 Å². The first-order valence-electron chi connectivity index (χ1n) is 11.3. The van der Waals surface area contributed by atoms with E-state index in [0.717, 1.165) is 51.9 Å². The van der Waals surface area contributed by atoms with Gasteiger partial charge in [0, 0.05) is 24.5 Å². The fraction of sp³-hybridized carbons (Fsp3) is 0.393. The smallest absolute Gasteiger partial charge is 0.189 e. The maximum Gasteiger partial charge on any atom is 0.189 e. The van der Waals surface area contributed by atoms with Crippen LogP contribution in [-0.4, -0.2) is 24.8 Å². The summed E-state index contributed by atoms with van der Waals surface area (Å²) in [6.07, 6.45) is 7.83. The topological polar surface area (TPSA) is 70.0 Å². The number of benzene rings is 1. The van der Waals surface area contributed by atoms with Crippen LogP contribution in [-0.2, 0) is 16.0 Å². The van der Waals surface area contributed by atoms with Crippen molar-refractivity contribution in [2.45, 2.75) is 48.0 Å². The van der Waals surface area contributed by atoms with Crippen LogP contribution in [0.15, 0.2) is 48.2 Å². The standard InChI is InChI=1S/C28H36N2O2/c1-8-21(16-31)28(32)12-26-20(7)24(18(4)5)10-22-11-25(19(6)9-27(22)26)23(13-29)15-30-14-17(2)3/h8-9,11-13,15-18,24,29-30H,7,10,14H2,1-6H3/b21-8-,23-15+,26-12+,29-13?. The number of fused-ring (bicyclic) bond motifs is 1. The van der Waals surface area contributed by atoms with Gasteiger partial charge in [-0.2, -0.15) is 0 Å². The third-order valence-corrected chi connectivity index (χ3v) is 6.03. The van der Waals surface area contributed by atoms with E-state index in [9.17, 15) is 9.59 Å². The average molecular weight is 433 g/mol. The highest BCUT2D eigenvalue weighted by molar-refractivity contribution is 6.20. The summed E-state index contributed by atoms with van der Waals surface area (Å²) in [6.45, 7) is 17.5. The van der Waals surface area contributed by atoms with Gasteiger partial charge in [-0.1, -0.05) is 52.5 Å². The molecule has 4 nitrogen and oxygen atoms in total. The number of carbonyl (C=O) groups is 2. The summed E-state index contributed by atoms with van der Waals surface area (Å²) >= 11 is 0. The van der Waals surface area contributed by atoms with Gasteiger partial charge in [-0.25, -0.2) is 0 Å². The van der Waals surface area contributed by atoms with Gasteiger partial charge >= 0.3 is 0 Å². The van der Waals surface area contributed by atoms with E-state index in [-0.39, 0.29) is 17.3 Å². The molecule has 0 aliphatic heterocycles. The second-order valence-corrected chi connectivity index (χ2v) is 9.23. The minimum absolute atomic E-state index is 0.150. The molecule has 1 aromatic carbocycles. The zero-order chi connectivity index (χ0) is 24.0. The summed E-state index contributed by atoms with van der Waals surface area (Å²) in [7, 11) is 0. The summed E-state index contributed by atoms with van der Waals surface area (Å²) in [5.41, 5.74) is 6.90. The van der Waals surface area contributed by atoms with Crippen LogP contribution in [0.1, 0.15) is 56.9 Å². The fourth-order valence-corrected chi connectivity index (χ4v) is 4.11. The highest BCUT2D eigenvalue weighted by Gasteiger charge is 2.29. The predicted octanol–water partition coefficient (Wildman–Crippen LogP) is 5.71. The van der Waals surface area contributed by atoms with Gasteiger partial charge in [0.15, 0.2) is 12.1 Å². The lowest BCUT2D eigenvalue weighted by molar-refractivity contribution is -0.114. The fourth-order valence-electron chi connectivity index (χ4n) is 4.11. The van der Waals surface area contributed by atoms with Gasteiger partial charge in [-0.3, -0.25) is 9.59 Å². The van der Waals surface area contributed by atoms with E-state index in [2.05, 4.69) is 51.7 Å². The highest BCUT2D eigenvalue weighted by atomic mass is 16.1. The largest absolute Gasteiger partial charge is 0.390 e. The Labute approximate surface area is 192 Å². The lowest BCUT2D eigenvalue weighted by Gasteiger charge is -2.33. The van der Waals surface area contributed by atoms with E-state index in [1.54, 1.807) is 19.1 Å². The maximum absolute atomic E-state index is 12.7. The molecule has 4 heteroatoms. The first-order valence-corrected chi connectivity index (χ1v) is 11.3. The second-order valence-electron chi connectivity index (χ2n) is 9.23. The number of aldehydes is 1. The Morgan fingerprint density at radius 1 is 1.28 bits per heavy atom. The summed E-state index contributed by atoms with van der Waals surface area (Å²) in [5.74, 6) is 0.776. The van der Waals surface area contributed by atoms with Gasteiger partial charge in [-0.05, 0) is 77.5 Å². The SMILES string of the molecule is C=C1/C(=C\C(=O)/C(C=O)=C\C)c2cc(C)c(/C(C=N)=C/NCC(C)C)cc2CC1C(C)C. The molecule has 1 aliphatic carbocycles. The van der Waals surface area contributed by atoms with Crippen LogP contribution < -0.4 is 5.32 Å². The quantitative estimate of drug-likeness (QED) is 0.173. The van der Waals surface area contributed by atoms with E-state index in [1.165, 1.54) is 6.21 Å². The van der Waals surface area contributed by atoms with Crippen LogP contribution >= 0.6 is 0 Å². The van der Waals surface area contributed by atoms with Crippen molar-refractivity contribution in [1.82, 2.24) is 5.32 Å². The van der Waals surface area contributed by atoms with Crippen molar-refractivity contribution < 1.29 is 9.59 Å². The Morgan fingerprint density at radius 3 is 2.50 bits per heavy atom. The third-order valence-electron chi connectivity index (χ3n) is 6.03. The predicted molar refractivity (Wildman–Crippen MR) is 135 cm³/mol. The Morgan fingerprint density at radius 2 is 1.97 bits per heavy atom. The average Bonchev–Trinajstić information content (AvgIpc) is 2.73. The molecule has 2 rings (SSSR count). The lowest BCUT2D eigenvalue weighted by atomic mass is 9.71. The minimum atomic E-state index is -0.298. The molecule has 0 radical (unpaired) electrons. The number of nitrogens with one attached hydrogen (secondary N) is 2. The molecule has 1 aromatic rings. The molecule has 170 valence electrons. The van der Waals surface area contributed by atoms with Crippen LogP contribution in [0.25, 0.3) is 11.1 Å². The van der Waals surface area contributed by atoms with Crippen LogP contribution in [0.4, 0.5) is 0 Å². The summed E-state index contributed by atoms with van der Waals surface area (Å²) in [5, 5.41) is 11.3. The molecule has 1 unspecified atom stereocenters. The van der Waals surface area contributed by atoms with E-state index in [1.807, 2.05) is 13.1 Å². The Balaban J connectivity index is 2.63. The zero-order valence-corrected chi connectivity index (χ0v) is 20.2. The minimum Gasteiger partial charge on any atom is -0.390 e. The molecule has 32 heavy (non-hydrogen) atoms. The molecule has 0 saturated heterocycles. The molecule has 1 aliphatic rings. The highest BCUT2D eigenvalue weighted by Crippen LogP contribution is 2.42. The molecule has 0 aromatic heterocycles. The van der Waals surface area contributed by atoms with Gasteiger partial charge in [0.1, 0.15) is 0 Å². The van der Waals surface area contributed by atoms with Crippen molar-refractivity contribution in [2.75, 3.05) is 6.54 Å². The van der Waals surface area contributed by atoms with E-state index >= 15 is 0 Å². The molecular weight excluding hydrogens is 396 g/mol. The number of aryl methyl sites for hydroxylation is 1. The number of ketones is 1. The molecular formula is C28H36N2O2. The van der Waals surface area contributed by atoms with Crippen molar-refractivity contribution in [2.24, 2.45) is 17.8 Å². The van der Waals surface area contributed by atoms with Gasteiger partial charge in [-0.15, -0.1) is 0 Å². The molecule has 0 bridgehead atoms. The Kier molecular flexibility index (Phi) is 8.71. The molecule has 2 N–H and O–H groups in total. The molecule has 0 amide bonds. The van der Waals surface area contributed by atoms with Crippen molar-refractivity contribution in [1.29, 1.82) is 5.41 Å². The van der Waals surface area contributed by atoms with Gasteiger partial charge in [0.2, 0.25) is 0 Å². The van der Waals surface area contributed by atoms with Crippen molar-refractivity contribution >= 4 is 29.4 Å². The molecule has 0 fully saturated rings. The van der Waals surface area contributed by atoms with E-state index < -0.39 is 0 Å². The zero-order valence-electron chi connectivity index (χ0n) is 20.2. The molecule has 0 heterocycles. The third kappa shape index (κ3) is 5.61. The Hall–Kier alpha value is -3.01. The van der Waals surface area contributed by atoms with E-state index in [4.69, 9.17) is 5.41 Å². The van der Waals surface area contributed by atoms with Crippen LogP contribution in [0.5, 0.6) is 0 Å². The van der Waals surface area contributed by atoms with Gasteiger partial charge in [0.25, 0.3) is 0 Å². The number of hydrogen-bond donors (Lipinski definition) is 2. The maximum atomic E-state index is 12.7. The van der Waals surface area contributed by atoms with Crippen LogP contribution in [0, 0.1) is 30.1 Å². The van der Waals surface area contributed by atoms with Crippen molar-refractivity contribution in [3.63, 3.8) is 0 Å². The molecule has 0 saturated carbocycles.